The van der Waals surface area contributed by atoms with Crippen molar-refractivity contribution in [3.8, 4) is 0 Å². The summed E-state index contributed by atoms with van der Waals surface area (Å²) in [6.45, 7) is 6.53. The second-order valence-electron chi connectivity index (χ2n) is 9.76. The minimum atomic E-state index is -0.275. The maximum atomic E-state index is 12.2. The first kappa shape index (κ1) is 16.1. The minimum Gasteiger partial charge on any atom is -0.393 e. The molecule has 1 N–H and O–H groups in total. The van der Waals surface area contributed by atoms with Crippen LogP contribution in [0.25, 0.3) is 0 Å². The summed E-state index contributed by atoms with van der Waals surface area (Å²) < 4.78 is 0. The molecule has 0 aliphatic heterocycles. The number of carbonyl (C=O) groups is 1. The van der Waals surface area contributed by atoms with Gasteiger partial charge >= 0.3 is 0 Å². The van der Waals surface area contributed by atoms with Crippen LogP contribution in [0.2, 0.25) is 0 Å². The highest BCUT2D eigenvalue weighted by Gasteiger charge is 2.63. The molecule has 4 fully saturated rings. The van der Waals surface area contributed by atoms with Crippen LogP contribution in [-0.2, 0) is 4.79 Å². The second-order valence-corrected chi connectivity index (χ2v) is 9.76. The number of rotatable bonds is 1. The van der Waals surface area contributed by atoms with Crippen molar-refractivity contribution in [2.75, 3.05) is 0 Å². The highest BCUT2D eigenvalue weighted by Crippen LogP contribution is 2.67. The Balaban J connectivity index is 1.68. The maximum absolute atomic E-state index is 12.2. The van der Waals surface area contributed by atoms with Gasteiger partial charge in [0.1, 0.15) is 5.78 Å². The van der Waals surface area contributed by atoms with E-state index < -0.39 is 0 Å². The van der Waals surface area contributed by atoms with E-state index >= 15 is 0 Å². The molecule has 0 aromatic rings. The molecule has 4 rings (SSSR count). The van der Waals surface area contributed by atoms with Gasteiger partial charge in [-0.2, -0.15) is 0 Å². The van der Waals surface area contributed by atoms with Crippen LogP contribution in [0.3, 0.4) is 0 Å². The number of fused-ring (bicyclic) bond motifs is 5. The normalized spacial score (nSPS) is 55.7. The van der Waals surface area contributed by atoms with Gasteiger partial charge in [-0.15, -0.1) is 0 Å². The third kappa shape index (κ3) is 2.06. The zero-order valence-electron chi connectivity index (χ0n) is 15.2. The lowest BCUT2D eigenvalue weighted by atomic mass is 9.44. The van der Waals surface area contributed by atoms with Crippen molar-refractivity contribution in [1.82, 2.24) is 0 Å². The van der Waals surface area contributed by atoms with Crippen molar-refractivity contribution in [2.45, 2.75) is 84.7 Å². The van der Waals surface area contributed by atoms with Gasteiger partial charge in [0, 0.05) is 11.3 Å². The Labute approximate surface area is 141 Å². The van der Waals surface area contributed by atoms with Gasteiger partial charge in [0.15, 0.2) is 0 Å². The predicted molar refractivity (Wildman–Crippen MR) is 91.9 cm³/mol. The predicted octanol–water partition coefficient (Wildman–Crippen LogP) is 4.60. The molecule has 0 aromatic heterocycles. The van der Waals surface area contributed by atoms with E-state index in [4.69, 9.17) is 0 Å². The largest absolute Gasteiger partial charge is 0.393 e. The van der Waals surface area contributed by atoms with E-state index in [2.05, 4.69) is 13.8 Å². The average molecular weight is 319 g/mol. The summed E-state index contributed by atoms with van der Waals surface area (Å²) in [4.78, 5) is 12.2. The average Bonchev–Trinajstić information content (AvgIpc) is 2.87. The van der Waals surface area contributed by atoms with Gasteiger partial charge in [-0.3, -0.25) is 4.79 Å². The van der Waals surface area contributed by atoms with Crippen molar-refractivity contribution < 1.29 is 9.90 Å². The molecule has 4 saturated carbocycles. The fourth-order valence-corrected chi connectivity index (χ4v) is 7.92. The molecule has 8 atom stereocenters. The monoisotopic (exact) mass is 318 g/mol. The van der Waals surface area contributed by atoms with Crippen molar-refractivity contribution in [3.05, 3.63) is 0 Å². The molecule has 2 nitrogen and oxygen atoms in total. The van der Waals surface area contributed by atoms with E-state index in [1.54, 1.807) is 6.92 Å². The lowest BCUT2D eigenvalue weighted by Crippen LogP contribution is -2.58. The van der Waals surface area contributed by atoms with Crippen molar-refractivity contribution in [2.24, 2.45) is 40.4 Å². The van der Waals surface area contributed by atoms with Gasteiger partial charge in [0.05, 0.1) is 6.10 Å². The number of Topliss-reactive ketones (excluding diaryl/α,β-unsaturated/α-hetero) is 1. The lowest BCUT2D eigenvalue weighted by Gasteiger charge is -2.61. The Bertz CT molecular complexity index is 500. The molecule has 0 saturated heterocycles. The standard InChI is InChI=1S/C21H34O2/c1-13(22)16-9-10-17-15-8-7-14-6-4-5-11-20(14,2)18(15)12-19(23)21(16,17)3/h14-19,23H,4-12H2,1-3H3/t14-,15+,16+,17+,18+,19-,20+,21-/m1/s1. The molecular weight excluding hydrogens is 284 g/mol. The highest BCUT2D eigenvalue weighted by atomic mass is 16.3. The Morgan fingerprint density at radius 3 is 2.52 bits per heavy atom. The van der Waals surface area contributed by atoms with Crippen LogP contribution in [0.1, 0.15) is 78.6 Å². The van der Waals surface area contributed by atoms with Crippen LogP contribution in [0.5, 0.6) is 0 Å². The molecule has 4 aliphatic carbocycles. The minimum absolute atomic E-state index is 0.0975. The fraction of sp³-hybridized carbons (Fsp3) is 0.952. The first-order valence-corrected chi connectivity index (χ1v) is 10.1. The summed E-state index contributed by atoms with van der Waals surface area (Å²) in [5, 5.41) is 11.1. The van der Waals surface area contributed by atoms with E-state index in [0.717, 1.165) is 24.7 Å². The summed E-state index contributed by atoms with van der Waals surface area (Å²) in [6, 6.07) is 0. The molecule has 0 amide bonds. The van der Waals surface area contributed by atoms with E-state index in [0.29, 0.717) is 23.0 Å². The molecule has 0 radical (unpaired) electrons. The quantitative estimate of drug-likeness (QED) is 0.767. The molecule has 2 heteroatoms. The topological polar surface area (TPSA) is 37.3 Å². The SMILES string of the molecule is CC(=O)[C@@H]1CC[C@H]2[C@@H]3CC[C@H]4CCCC[C@]4(C)[C@H]3C[C@@H](O)[C@]12C. The van der Waals surface area contributed by atoms with E-state index in [1.807, 2.05) is 0 Å². The molecule has 23 heavy (non-hydrogen) atoms. The first-order chi connectivity index (χ1) is 10.9. The van der Waals surface area contributed by atoms with Gasteiger partial charge in [0.2, 0.25) is 0 Å². The maximum Gasteiger partial charge on any atom is 0.133 e. The smallest absolute Gasteiger partial charge is 0.133 e. The van der Waals surface area contributed by atoms with Gasteiger partial charge in [-0.05, 0) is 81.0 Å². The van der Waals surface area contributed by atoms with Crippen molar-refractivity contribution in [3.63, 3.8) is 0 Å². The Hall–Kier alpha value is -0.370. The first-order valence-electron chi connectivity index (χ1n) is 10.1. The summed E-state index contributed by atoms with van der Waals surface area (Å²) >= 11 is 0. The number of aliphatic hydroxyl groups excluding tert-OH is 1. The Morgan fingerprint density at radius 1 is 1.00 bits per heavy atom. The Kier molecular flexibility index (Phi) is 3.72. The highest BCUT2D eigenvalue weighted by molar-refractivity contribution is 5.79. The third-order valence-corrected chi connectivity index (χ3v) is 9.18. The molecule has 0 heterocycles. The van der Waals surface area contributed by atoms with Crippen LogP contribution in [-0.4, -0.2) is 17.0 Å². The van der Waals surface area contributed by atoms with Crippen LogP contribution in [0.15, 0.2) is 0 Å². The molecule has 4 aliphatic rings. The molecule has 130 valence electrons. The van der Waals surface area contributed by atoms with Crippen molar-refractivity contribution >= 4 is 5.78 Å². The number of hydrogen-bond acceptors (Lipinski definition) is 2. The van der Waals surface area contributed by atoms with E-state index in [1.165, 1.54) is 44.9 Å². The number of aliphatic hydroxyl groups is 1. The van der Waals surface area contributed by atoms with Gasteiger partial charge in [0.25, 0.3) is 0 Å². The summed E-state index contributed by atoms with van der Waals surface area (Å²) in [6.07, 6.45) is 11.2. The number of hydrogen-bond donors (Lipinski definition) is 1. The van der Waals surface area contributed by atoms with Gasteiger partial charge < -0.3 is 5.11 Å². The molecule has 0 unspecified atom stereocenters. The fourth-order valence-electron chi connectivity index (χ4n) is 7.92. The van der Waals surface area contributed by atoms with E-state index in [-0.39, 0.29) is 17.4 Å². The molecule has 0 bridgehead atoms. The lowest BCUT2D eigenvalue weighted by molar-refractivity contribution is -0.167. The van der Waals surface area contributed by atoms with Crippen LogP contribution < -0.4 is 0 Å². The molecule has 0 spiro atoms. The summed E-state index contributed by atoms with van der Waals surface area (Å²) in [5.41, 5.74) is 0.308. The molecular formula is C21H34O2. The van der Waals surface area contributed by atoms with Gasteiger partial charge in [-0.25, -0.2) is 0 Å². The van der Waals surface area contributed by atoms with Gasteiger partial charge in [-0.1, -0.05) is 26.7 Å². The van der Waals surface area contributed by atoms with Crippen LogP contribution >= 0.6 is 0 Å². The number of carbonyl (C=O) groups excluding carboxylic acids is 1. The van der Waals surface area contributed by atoms with Crippen LogP contribution in [0.4, 0.5) is 0 Å². The summed E-state index contributed by atoms with van der Waals surface area (Å²) in [7, 11) is 0. The zero-order chi connectivity index (χ0) is 16.4. The van der Waals surface area contributed by atoms with E-state index in [9.17, 15) is 9.90 Å². The molecule has 0 aromatic carbocycles. The van der Waals surface area contributed by atoms with Crippen molar-refractivity contribution in [1.29, 1.82) is 0 Å². The third-order valence-electron chi connectivity index (χ3n) is 9.18. The Morgan fingerprint density at radius 2 is 1.78 bits per heavy atom. The number of ketones is 1. The summed E-state index contributed by atoms with van der Waals surface area (Å²) in [5.74, 6) is 3.32. The zero-order valence-corrected chi connectivity index (χ0v) is 15.2. The van der Waals surface area contributed by atoms with Crippen LogP contribution in [0, 0.1) is 40.4 Å². The second kappa shape index (κ2) is 5.31.